The van der Waals surface area contributed by atoms with Gasteiger partial charge < -0.3 is 19.1 Å². The molecule has 11 heteroatoms. The number of hydrogen-bond donors (Lipinski definition) is 0. The van der Waals surface area contributed by atoms with Crippen LogP contribution in [0.4, 0.5) is 8.78 Å². The predicted molar refractivity (Wildman–Crippen MR) is 125 cm³/mol. The lowest BCUT2D eigenvalue weighted by Crippen LogP contribution is -2.49. The van der Waals surface area contributed by atoms with Crippen molar-refractivity contribution in [2.45, 2.75) is 103 Å². The molecule has 0 N–H and O–H groups in total. The Labute approximate surface area is 206 Å². The van der Waals surface area contributed by atoms with Gasteiger partial charge in [-0.05, 0) is 40.5 Å². The highest BCUT2D eigenvalue weighted by Crippen LogP contribution is 2.41. The van der Waals surface area contributed by atoms with Gasteiger partial charge in [0, 0.05) is 20.6 Å². The molecule has 1 unspecified atom stereocenters. The molecular formula is C24H40F2N4O5. The number of esters is 1. The molecule has 35 heavy (non-hydrogen) atoms. The third kappa shape index (κ3) is 6.75. The van der Waals surface area contributed by atoms with E-state index < -0.39 is 53.4 Å². The van der Waals surface area contributed by atoms with Crippen LogP contribution >= 0.6 is 0 Å². The number of halogens is 2. The SMILES string of the molecule is CCCC(C)(CC)n1nnc2c1[C@H](OC)[C@@H](OC)CN(C(=O)CCC(=O)OC(C)(C)C)CC2(F)F. The second-order valence-corrected chi connectivity index (χ2v) is 10.3. The largest absolute Gasteiger partial charge is 0.460 e. The van der Waals surface area contributed by atoms with Crippen molar-refractivity contribution in [3.63, 3.8) is 0 Å². The minimum Gasteiger partial charge on any atom is -0.460 e. The van der Waals surface area contributed by atoms with Gasteiger partial charge in [0.05, 0.1) is 25.0 Å². The summed E-state index contributed by atoms with van der Waals surface area (Å²) < 4.78 is 49.3. The lowest BCUT2D eigenvalue weighted by molar-refractivity contribution is -0.157. The van der Waals surface area contributed by atoms with Gasteiger partial charge in [0.2, 0.25) is 5.91 Å². The smallest absolute Gasteiger partial charge is 0.310 e. The zero-order chi connectivity index (χ0) is 26.6. The summed E-state index contributed by atoms with van der Waals surface area (Å²) in [4.78, 5) is 26.0. The normalized spacial score (nSPS) is 22.1. The number of carbonyl (C=O) groups is 2. The molecule has 2 rings (SSSR count). The van der Waals surface area contributed by atoms with Crippen LogP contribution in [0, 0.1) is 0 Å². The van der Waals surface area contributed by atoms with E-state index in [4.69, 9.17) is 14.2 Å². The van der Waals surface area contributed by atoms with Gasteiger partial charge in [-0.25, -0.2) is 4.68 Å². The molecule has 1 amide bonds. The first-order chi connectivity index (χ1) is 16.2. The summed E-state index contributed by atoms with van der Waals surface area (Å²) in [6.07, 6.45) is 0.0562. The Morgan fingerprint density at radius 1 is 1.11 bits per heavy atom. The first kappa shape index (κ1) is 29.1. The maximum absolute atomic E-state index is 15.6. The maximum atomic E-state index is 15.6. The molecule has 1 aromatic heterocycles. The number of aromatic nitrogens is 3. The quantitative estimate of drug-likeness (QED) is 0.472. The molecule has 0 fully saturated rings. The van der Waals surface area contributed by atoms with Gasteiger partial charge in [-0.2, -0.15) is 8.78 Å². The van der Waals surface area contributed by atoms with E-state index >= 15 is 8.78 Å². The molecule has 0 aromatic carbocycles. The second kappa shape index (κ2) is 11.3. The summed E-state index contributed by atoms with van der Waals surface area (Å²) in [5, 5.41) is 8.05. The molecule has 0 aliphatic carbocycles. The predicted octanol–water partition coefficient (Wildman–Crippen LogP) is 3.96. The van der Waals surface area contributed by atoms with Crippen LogP contribution in [0.15, 0.2) is 0 Å². The molecule has 1 aliphatic heterocycles. The highest BCUT2D eigenvalue weighted by atomic mass is 19.3. The van der Waals surface area contributed by atoms with E-state index in [0.717, 1.165) is 11.3 Å². The molecule has 0 saturated heterocycles. The summed E-state index contributed by atoms with van der Waals surface area (Å²) in [5.41, 5.74) is -1.59. The van der Waals surface area contributed by atoms with Crippen molar-refractivity contribution >= 4 is 11.9 Å². The maximum Gasteiger partial charge on any atom is 0.310 e. The molecule has 0 bridgehead atoms. The lowest BCUT2D eigenvalue weighted by Gasteiger charge is -2.38. The van der Waals surface area contributed by atoms with Crippen LogP contribution < -0.4 is 0 Å². The fourth-order valence-electron chi connectivity index (χ4n) is 4.45. The van der Waals surface area contributed by atoms with Crippen molar-refractivity contribution in [3.05, 3.63) is 11.4 Å². The third-order valence-corrected chi connectivity index (χ3v) is 6.38. The summed E-state index contributed by atoms with van der Waals surface area (Å²) in [5.74, 6) is -4.65. The molecule has 0 radical (unpaired) electrons. The topological polar surface area (TPSA) is 95.8 Å². The molecular weight excluding hydrogens is 462 g/mol. The summed E-state index contributed by atoms with van der Waals surface area (Å²) >= 11 is 0. The number of fused-ring (bicyclic) bond motifs is 1. The Hall–Kier alpha value is -2.14. The van der Waals surface area contributed by atoms with Crippen LogP contribution in [-0.4, -0.2) is 70.8 Å². The Bertz CT molecular complexity index is 886. The molecule has 9 nitrogen and oxygen atoms in total. The average Bonchev–Trinajstić information content (AvgIpc) is 3.21. The lowest BCUT2D eigenvalue weighted by atomic mass is 9.91. The molecule has 3 atom stereocenters. The number of rotatable bonds is 9. The van der Waals surface area contributed by atoms with Crippen LogP contribution in [0.5, 0.6) is 0 Å². The van der Waals surface area contributed by atoms with Crippen LogP contribution in [0.1, 0.15) is 91.1 Å². The number of carbonyl (C=O) groups excluding carboxylic acids is 2. The first-order valence-corrected chi connectivity index (χ1v) is 12.1. The van der Waals surface area contributed by atoms with Gasteiger partial charge in [0.15, 0.2) is 5.69 Å². The Kier molecular flexibility index (Phi) is 9.38. The van der Waals surface area contributed by atoms with Gasteiger partial charge in [-0.1, -0.05) is 25.5 Å². The van der Waals surface area contributed by atoms with Crippen molar-refractivity contribution < 1.29 is 32.6 Å². The fraction of sp³-hybridized carbons (Fsp3) is 0.833. The highest BCUT2D eigenvalue weighted by Gasteiger charge is 2.49. The summed E-state index contributed by atoms with van der Waals surface area (Å²) in [6, 6.07) is 0. The van der Waals surface area contributed by atoms with Gasteiger partial charge in [-0.15, -0.1) is 5.10 Å². The van der Waals surface area contributed by atoms with E-state index in [1.54, 1.807) is 25.5 Å². The van der Waals surface area contributed by atoms with E-state index in [-0.39, 0.29) is 25.1 Å². The minimum atomic E-state index is -3.48. The van der Waals surface area contributed by atoms with Gasteiger partial charge in [0.1, 0.15) is 23.5 Å². The molecule has 1 aliphatic rings. The van der Waals surface area contributed by atoms with E-state index in [1.807, 2.05) is 20.8 Å². The molecule has 2 heterocycles. The van der Waals surface area contributed by atoms with E-state index in [2.05, 4.69) is 10.3 Å². The number of hydrogen-bond acceptors (Lipinski definition) is 7. The van der Waals surface area contributed by atoms with Crippen molar-refractivity contribution in [2.24, 2.45) is 0 Å². The van der Waals surface area contributed by atoms with E-state index in [0.29, 0.717) is 12.8 Å². The van der Waals surface area contributed by atoms with Crippen molar-refractivity contribution in [1.82, 2.24) is 19.9 Å². The summed E-state index contributed by atoms with van der Waals surface area (Å²) in [6.45, 7) is 10.1. The number of ether oxygens (including phenoxy) is 3. The number of nitrogens with zero attached hydrogens (tertiary/aromatic N) is 4. The molecule has 0 saturated carbocycles. The highest BCUT2D eigenvalue weighted by molar-refractivity contribution is 5.81. The van der Waals surface area contributed by atoms with Crippen LogP contribution in [0.2, 0.25) is 0 Å². The van der Waals surface area contributed by atoms with Crippen LogP contribution in [-0.2, 0) is 35.3 Å². The Balaban J connectivity index is 2.43. The monoisotopic (exact) mass is 502 g/mol. The standard InChI is InChI=1S/C24H40F2N4O5/c1-9-13-23(6,10-2)30-19-20(34-8)16(33-7)14-29(15-24(25,26)21(19)27-28-30)17(31)11-12-18(32)35-22(3,4)5/h16,20H,9-15H2,1-8H3/t16-,20+,23?/m0/s1. The Morgan fingerprint density at radius 3 is 2.29 bits per heavy atom. The minimum absolute atomic E-state index is 0.140. The van der Waals surface area contributed by atoms with E-state index in [1.165, 1.54) is 14.2 Å². The van der Waals surface area contributed by atoms with Crippen molar-refractivity contribution in [3.8, 4) is 0 Å². The van der Waals surface area contributed by atoms with Gasteiger partial charge in [0.25, 0.3) is 0 Å². The fourth-order valence-corrected chi connectivity index (χ4v) is 4.45. The Morgan fingerprint density at radius 2 is 1.77 bits per heavy atom. The number of amides is 1. The van der Waals surface area contributed by atoms with Crippen LogP contribution in [0.25, 0.3) is 0 Å². The van der Waals surface area contributed by atoms with Crippen molar-refractivity contribution in [2.75, 3.05) is 27.3 Å². The average molecular weight is 503 g/mol. The molecule has 1 aromatic rings. The van der Waals surface area contributed by atoms with E-state index in [9.17, 15) is 9.59 Å². The first-order valence-electron chi connectivity index (χ1n) is 12.1. The van der Waals surface area contributed by atoms with Crippen LogP contribution in [0.3, 0.4) is 0 Å². The zero-order valence-corrected chi connectivity index (χ0v) is 22.2. The van der Waals surface area contributed by atoms with Gasteiger partial charge >= 0.3 is 11.9 Å². The zero-order valence-electron chi connectivity index (χ0n) is 22.2. The third-order valence-electron chi connectivity index (χ3n) is 6.38. The number of methoxy groups -OCH3 is 2. The number of alkyl halides is 2. The second-order valence-electron chi connectivity index (χ2n) is 10.3. The molecule has 0 spiro atoms. The summed E-state index contributed by atoms with van der Waals surface area (Å²) in [7, 11) is 2.86. The van der Waals surface area contributed by atoms with Crippen molar-refractivity contribution in [1.29, 1.82) is 0 Å². The molecule has 200 valence electrons. The van der Waals surface area contributed by atoms with Gasteiger partial charge in [-0.3, -0.25) is 9.59 Å².